The van der Waals surface area contributed by atoms with Crippen LogP contribution in [0.2, 0.25) is 0 Å². The molecular weight excluding hydrogens is 252 g/mol. The Morgan fingerprint density at radius 3 is 2.72 bits per heavy atom. The van der Waals surface area contributed by atoms with E-state index >= 15 is 0 Å². The summed E-state index contributed by atoms with van der Waals surface area (Å²) in [7, 11) is -3.56. The Balaban J connectivity index is 2.46. The van der Waals surface area contributed by atoms with E-state index in [2.05, 4.69) is 11.3 Å². The summed E-state index contributed by atoms with van der Waals surface area (Å²) in [5.41, 5.74) is 5.85. The third kappa shape index (κ3) is 4.48. The second kappa shape index (κ2) is 7.15. The molecule has 1 aromatic rings. The van der Waals surface area contributed by atoms with Crippen molar-refractivity contribution in [3.05, 3.63) is 36.9 Å². The van der Waals surface area contributed by atoms with Crippen LogP contribution in [0.1, 0.15) is 6.42 Å². The smallest absolute Gasteiger partial charge is 0.242 e. The van der Waals surface area contributed by atoms with Crippen molar-refractivity contribution in [3.63, 3.8) is 0 Å². The molecule has 3 N–H and O–H groups in total. The monoisotopic (exact) mass is 270 g/mol. The number of para-hydroxylation sites is 1. The quantitative estimate of drug-likeness (QED) is 0.421. The van der Waals surface area contributed by atoms with Gasteiger partial charge in [-0.1, -0.05) is 18.2 Å². The highest BCUT2D eigenvalue weighted by molar-refractivity contribution is 7.89. The molecule has 1 aromatic carbocycles. The number of hydrogen-bond acceptors (Lipinski definition) is 4. The molecule has 0 fully saturated rings. The number of hydrogen-bond donors (Lipinski definition) is 2. The number of anilines is 1. The lowest BCUT2D eigenvalue weighted by Crippen LogP contribution is -2.28. The second-order valence-electron chi connectivity index (χ2n) is 3.63. The number of nitrogens with one attached hydrogen (secondary N) is 1. The molecular formula is C12H18N2O3S. The van der Waals surface area contributed by atoms with Crippen molar-refractivity contribution in [2.45, 2.75) is 11.3 Å². The Labute approximate surface area is 108 Å². The van der Waals surface area contributed by atoms with Crippen LogP contribution in [0.4, 0.5) is 5.69 Å². The predicted molar refractivity (Wildman–Crippen MR) is 71.7 cm³/mol. The van der Waals surface area contributed by atoms with Gasteiger partial charge in [0, 0.05) is 6.54 Å². The zero-order valence-corrected chi connectivity index (χ0v) is 10.9. The van der Waals surface area contributed by atoms with Gasteiger partial charge in [0.25, 0.3) is 0 Å². The maximum absolute atomic E-state index is 11.9. The third-order valence-corrected chi connectivity index (χ3v) is 3.75. The van der Waals surface area contributed by atoms with Gasteiger partial charge in [-0.3, -0.25) is 0 Å². The summed E-state index contributed by atoms with van der Waals surface area (Å²) >= 11 is 0. The van der Waals surface area contributed by atoms with Crippen LogP contribution in [0.5, 0.6) is 0 Å². The average molecular weight is 270 g/mol. The molecule has 5 nitrogen and oxygen atoms in total. The van der Waals surface area contributed by atoms with Gasteiger partial charge in [0.05, 0.1) is 18.9 Å². The molecule has 0 saturated carbocycles. The molecule has 18 heavy (non-hydrogen) atoms. The molecule has 0 aliphatic heterocycles. The van der Waals surface area contributed by atoms with Gasteiger partial charge in [0.1, 0.15) is 4.90 Å². The van der Waals surface area contributed by atoms with Crippen LogP contribution >= 0.6 is 0 Å². The van der Waals surface area contributed by atoms with E-state index in [9.17, 15) is 8.42 Å². The molecule has 0 radical (unpaired) electrons. The first-order valence-corrected chi connectivity index (χ1v) is 7.09. The summed E-state index contributed by atoms with van der Waals surface area (Å²) in [5.74, 6) is 0. The molecule has 100 valence electrons. The Hall–Kier alpha value is -1.37. The lowest BCUT2D eigenvalue weighted by atomic mass is 10.3. The van der Waals surface area contributed by atoms with E-state index in [1.54, 1.807) is 24.3 Å². The summed E-state index contributed by atoms with van der Waals surface area (Å²) in [6, 6.07) is 6.34. The average Bonchev–Trinajstić information content (AvgIpc) is 2.34. The highest BCUT2D eigenvalue weighted by Crippen LogP contribution is 2.16. The van der Waals surface area contributed by atoms with Gasteiger partial charge >= 0.3 is 0 Å². The first-order valence-electron chi connectivity index (χ1n) is 5.61. The molecule has 1 rings (SSSR count). The minimum Gasteiger partial charge on any atom is -0.398 e. The van der Waals surface area contributed by atoms with Gasteiger partial charge in [-0.2, -0.15) is 0 Å². The van der Waals surface area contributed by atoms with Crippen molar-refractivity contribution in [2.24, 2.45) is 0 Å². The first kappa shape index (κ1) is 14.7. The number of benzene rings is 1. The Morgan fingerprint density at radius 2 is 2.06 bits per heavy atom. The summed E-state index contributed by atoms with van der Waals surface area (Å²) in [6.07, 6.45) is 2.49. The molecule has 0 spiro atoms. The molecule has 0 aliphatic carbocycles. The molecule has 6 heteroatoms. The van der Waals surface area contributed by atoms with Crippen molar-refractivity contribution in [1.29, 1.82) is 0 Å². The van der Waals surface area contributed by atoms with Crippen LogP contribution in [0.3, 0.4) is 0 Å². The number of rotatable bonds is 8. The van der Waals surface area contributed by atoms with Crippen LogP contribution in [-0.2, 0) is 14.8 Å². The zero-order chi connectivity index (χ0) is 13.4. The summed E-state index contributed by atoms with van der Waals surface area (Å²) in [5, 5.41) is 0. The van der Waals surface area contributed by atoms with Crippen molar-refractivity contribution in [1.82, 2.24) is 4.72 Å². The van der Waals surface area contributed by atoms with E-state index in [-0.39, 0.29) is 17.1 Å². The van der Waals surface area contributed by atoms with Gasteiger partial charge < -0.3 is 10.5 Å². The zero-order valence-electron chi connectivity index (χ0n) is 10.1. The Kier molecular flexibility index (Phi) is 5.84. The van der Waals surface area contributed by atoms with E-state index in [0.29, 0.717) is 13.2 Å². The largest absolute Gasteiger partial charge is 0.398 e. The second-order valence-corrected chi connectivity index (χ2v) is 5.36. The fourth-order valence-electron chi connectivity index (χ4n) is 1.32. The predicted octanol–water partition coefficient (Wildman–Crippen LogP) is 1.14. The molecule has 0 heterocycles. The van der Waals surface area contributed by atoms with E-state index in [4.69, 9.17) is 10.5 Å². The summed E-state index contributed by atoms with van der Waals surface area (Å²) in [6.45, 7) is 4.64. The topological polar surface area (TPSA) is 81.4 Å². The van der Waals surface area contributed by atoms with Crippen molar-refractivity contribution >= 4 is 15.7 Å². The SMILES string of the molecule is C=CCCOCCNS(=O)(=O)c1ccccc1N. The van der Waals surface area contributed by atoms with Gasteiger partial charge in [0.15, 0.2) is 0 Å². The molecule has 0 unspecified atom stereocenters. The van der Waals surface area contributed by atoms with Gasteiger partial charge in [0.2, 0.25) is 10.0 Å². The maximum atomic E-state index is 11.9. The Morgan fingerprint density at radius 1 is 1.33 bits per heavy atom. The van der Waals surface area contributed by atoms with Crippen LogP contribution in [0.15, 0.2) is 41.8 Å². The van der Waals surface area contributed by atoms with Crippen LogP contribution < -0.4 is 10.5 Å². The number of nitrogen functional groups attached to an aromatic ring is 1. The lowest BCUT2D eigenvalue weighted by molar-refractivity contribution is 0.144. The van der Waals surface area contributed by atoms with Crippen molar-refractivity contribution < 1.29 is 13.2 Å². The highest BCUT2D eigenvalue weighted by Gasteiger charge is 2.15. The summed E-state index contributed by atoms with van der Waals surface area (Å²) in [4.78, 5) is 0.0936. The molecule has 0 atom stereocenters. The lowest BCUT2D eigenvalue weighted by Gasteiger charge is -2.08. The molecule has 0 saturated heterocycles. The van der Waals surface area contributed by atoms with Crippen molar-refractivity contribution in [2.75, 3.05) is 25.5 Å². The van der Waals surface area contributed by atoms with Crippen LogP contribution in [0.25, 0.3) is 0 Å². The van der Waals surface area contributed by atoms with E-state index < -0.39 is 10.0 Å². The third-order valence-electron chi connectivity index (χ3n) is 2.21. The fraction of sp³-hybridized carbons (Fsp3) is 0.333. The molecule has 0 amide bonds. The standard InChI is InChI=1S/C12H18N2O3S/c1-2-3-9-17-10-8-14-18(15,16)12-7-5-4-6-11(12)13/h2,4-7,14H,1,3,8-10,13H2. The molecule has 0 bridgehead atoms. The van der Waals surface area contributed by atoms with E-state index in [0.717, 1.165) is 6.42 Å². The van der Waals surface area contributed by atoms with E-state index in [1.807, 2.05) is 0 Å². The maximum Gasteiger partial charge on any atom is 0.242 e. The normalized spacial score (nSPS) is 11.3. The van der Waals surface area contributed by atoms with Crippen LogP contribution in [-0.4, -0.2) is 28.2 Å². The van der Waals surface area contributed by atoms with Gasteiger partial charge in [-0.05, 0) is 18.6 Å². The van der Waals surface area contributed by atoms with E-state index in [1.165, 1.54) is 6.07 Å². The summed E-state index contributed by atoms with van der Waals surface area (Å²) < 4.78 is 31.4. The fourth-order valence-corrected chi connectivity index (χ4v) is 2.46. The Bertz CT molecular complexity index is 486. The molecule has 0 aliphatic rings. The number of ether oxygens (including phenoxy) is 1. The minimum absolute atomic E-state index is 0.0936. The highest BCUT2D eigenvalue weighted by atomic mass is 32.2. The number of sulfonamides is 1. The van der Waals surface area contributed by atoms with Crippen LogP contribution in [0, 0.1) is 0 Å². The first-order chi connectivity index (χ1) is 8.58. The molecule has 0 aromatic heterocycles. The van der Waals surface area contributed by atoms with Gasteiger partial charge in [-0.25, -0.2) is 13.1 Å². The van der Waals surface area contributed by atoms with Crippen molar-refractivity contribution in [3.8, 4) is 0 Å². The number of nitrogens with two attached hydrogens (primary N) is 1. The minimum atomic E-state index is -3.56. The van der Waals surface area contributed by atoms with Gasteiger partial charge in [-0.15, -0.1) is 6.58 Å².